The average Bonchev–Trinajstić information content (AvgIpc) is 3.37. The van der Waals surface area contributed by atoms with Gasteiger partial charge in [-0.3, -0.25) is 4.79 Å². The molecule has 31 heavy (non-hydrogen) atoms. The molecule has 0 saturated carbocycles. The quantitative estimate of drug-likeness (QED) is 0.488. The Morgan fingerprint density at radius 1 is 0.903 bits per heavy atom. The van der Waals surface area contributed by atoms with Gasteiger partial charge in [0.15, 0.2) is 11.6 Å². The Balaban J connectivity index is 1.30. The first-order chi connectivity index (χ1) is 15.2. The number of hydrogen-bond donors (Lipinski definition) is 1. The van der Waals surface area contributed by atoms with E-state index in [2.05, 4.69) is 20.1 Å². The number of amides is 1. The highest BCUT2D eigenvalue weighted by molar-refractivity contribution is 6.02. The number of aromatic nitrogens is 3. The van der Waals surface area contributed by atoms with Gasteiger partial charge in [0.25, 0.3) is 5.91 Å². The first kappa shape index (κ1) is 19.2. The highest BCUT2D eigenvalue weighted by atomic mass is 19.1. The highest BCUT2D eigenvalue weighted by Gasteiger charge is 2.17. The molecule has 0 saturated heterocycles. The second kappa shape index (κ2) is 8.18. The first-order valence-electron chi connectivity index (χ1n) is 10.4. The number of rotatable bonds is 4. The number of furan rings is 1. The van der Waals surface area contributed by atoms with E-state index in [1.165, 1.54) is 18.6 Å². The molecule has 1 amide bonds. The van der Waals surface area contributed by atoms with Gasteiger partial charge in [-0.15, -0.1) is 10.2 Å². The van der Waals surface area contributed by atoms with E-state index in [4.69, 9.17) is 4.42 Å². The first-order valence-corrected chi connectivity index (χ1v) is 10.4. The lowest BCUT2D eigenvalue weighted by molar-refractivity contribution is 0.0997. The van der Waals surface area contributed by atoms with Crippen LogP contribution in [-0.2, 0) is 13.0 Å². The summed E-state index contributed by atoms with van der Waals surface area (Å²) in [7, 11) is 0. The number of halogens is 1. The molecule has 2 aromatic carbocycles. The third-order valence-corrected chi connectivity index (χ3v) is 5.47. The van der Waals surface area contributed by atoms with Gasteiger partial charge in [-0.2, -0.15) is 0 Å². The van der Waals surface area contributed by atoms with Gasteiger partial charge in [0.1, 0.15) is 17.4 Å². The minimum absolute atomic E-state index is 0.186. The number of aryl methyl sites for hydroxylation is 1. The Kier molecular flexibility index (Phi) is 5.08. The topological polar surface area (TPSA) is 73.0 Å². The third-order valence-electron chi connectivity index (χ3n) is 5.47. The maximum Gasteiger partial charge on any atom is 0.291 e. The molecule has 1 N–H and O–H groups in total. The molecule has 0 radical (unpaired) electrons. The molecular formula is C24H21FN4O2. The van der Waals surface area contributed by atoms with Crippen LogP contribution in [0.3, 0.4) is 0 Å². The Bertz CT molecular complexity index is 1210. The standard InChI is InChI=1S/C24H21FN4O2/c25-18-9-5-16(6-10-18)20-13-14-21(31-20)24(30)26-19-11-7-17(8-12-19)23-28-27-22-4-2-1-3-15-29(22)23/h5-14H,1-4,15H2,(H,26,30). The summed E-state index contributed by atoms with van der Waals surface area (Å²) >= 11 is 0. The monoisotopic (exact) mass is 416 g/mol. The van der Waals surface area contributed by atoms with E-state index < -0.39 is 0 Å². The molecule has 0 atom stereocenters. The van der Waals surface area contributed by atoms with Gasteiger partial charge < -0.3 is 14.3 Å². The number of carbonyl (C=O) groups is 1. The van der Waals surface area contributed by atoms with Crippen molar-refractivity contribution in [2.24, 2.45) is 0 Å². The molecule has 1 aliphatic rings. The maximum absolute atomic E-state index is 13.1. The van der Waals surface area contributed by atoms with Gasteiger partial charge >= 0.3 is 0 Å². The molecule has 7 heteroatoms. The van der Waals surface area contributed by atoms with Crippen LogP contribution >= 0.6 is 0 Å². The van der Waals surface area contributed by atoms with Gasteiger partial charge in [-0.1, -0.05) is 6.42 Å². The Morgan fingerprint density at radius 2 is 1.68 bits per heavy atom. The van der Waals surface area contributed by atoms with Crippen LogP contribution in [0.2, 0.25) is 0 Å². The summed E-state index contributed by atoms with van der Waals surface area (Å²) in [6, 6.07) is 16.8. The van der Waals surface area contributed by atoms with Crippen LogP contribution in [-0.4, -0.2) is 20.7 Å². The molecule has 1 aliphatic heterocycles. The van der Waals surface area contributed by atoms with E-state index in [0.717, 1.165) is 43.0 Å². The van der Waals surface area contributed by atoms with Crippen LogP contribution in [0.5, 0.6) is 0 Å². The Morgan fingerprint density at radius 3 is 2.48 bits per heavy atom. The number of fused-ring (bicyclic) bond motifs is 1. The van der Waals surface area contributed by atoms with Gasteiger partial charge in [0.05, 0.1) is 0 Å². The molecule has 4 aromatic rings. The van der Waals surface area contributed by atoms with Crippen LogP contribution in [0.1, 0.15) is 35.6 Å². The van der Waals surface area contributed by atoms with Crippen LogP contribution in [0.15, 0.2) is 65.1 Å². The second-order valence-corrected chi connectivity index (χ2v) is 7.60. The van der Waals surface area contributed by atoms with E-state index in [1.807, 2.05) is 24.3 Å². The van der Waals surface area contributed by atoms with Crippen molar-refractivity contribution >= 4 is 11.6 Å². The summed E-state index contributed by atoms with van der Waals surface area (Å²) in [5, 5.41) is 11.6. The smallest absolute Gasteiger partial charge is 0.291 e. The number of benzene rings is 2. The molecule has 5 rings (SSSR count). The number of anilines is 1. The normalized spacial score (nSPS) is 13.5. The summed E-state index contributed by atoms with van der Waals surface area (Å²) in [5.74, 6) is 1.93. The van der Waals surface area contributed by atoms with Crippen LogP contribution in [0, 0.1) is 5.82 Å². The van der Waals surface area contributed by atoms with Crippen molar-refractivity contribution in [1.82, 2.24) is 14.8 Å². The molecule has 156 valence electrons. The second-order valence-electron chi connectivity index (χ2n) is 7.60. The Labute approximate surface area is 178 Å². The van der Waals surface area contributed by atoms with Gasteiger partial charge in [0, 0.05) is 29.8 Å². The molecule has 0 unspecified atom stereocenters. The number of nitrogens with one attached hydrogen (secondary N) is 1. The molecular weight excluding hydrogens is 395 g/mol. The zero-order chi connectivity index (χ0) is 21.2. The molecule has 0 fully saturated rings. The summed E-state index contributed by atoms with van der Waals surface area (Å²) in [6.45, 7) is 0.936. The molecule has 3 heterocycles. The summed E-state index contributed by atoms with van der Waals surface area (Å²) in [5.41, 5.74) is 2.33. The van der Waals surface area contributed by atoms with Crippen molar-refractivity contribution in [3.8, 4) is 22.7 Å². The minimum Gasteiger partial charge on any atom is -0.451 e. The highest BCUT2D eigenvalue weighted by Crippen LogP contribution is 2.25. The lowest BCUT2D eigenvalue weighted by Gasteiger charge is -2.08. The molecule has 6 nitrogen and oxygen atoms in total. The van der Waals surface area contributed by atoms with E-state index >= 15 is 0 Å². The van der Waals surface area contributed by atoms with Crippen molar-refractivity contribution in [2.45, 2.75) is 32.2 Å². The SMILES string of the molecule is O=C(Nc1ccc(-c2nnc3n2CCCCC3)cc1)c1ccc(-c2ccc(F)cc2)o1. The molecule has 2 aromatic heterocycles. The Hall–Kier alpha value is -3.74. The predicted molar refractivity (Wildman–Crippen MR) is 115 cm³/mol. The predicted octanol–water partition coefficient (Wildman–Crippen LogP) is 5.32. The minimum atomic E-state index is -0.350. The fraction of sp³-hybridized carbons (Fsp3) is 0.208. The van der Waals surface area contributed by atoms with E-state index in [-0.39, 0.29) is 17.5 Å². The zero-order valence-corrected chi connectivity index (χ0v) is 16.8. The number of nitrogens with zero attached hydrogens (tertiary/aromatic N) is 3. The van der Waals surface area contributed by atoms with Crippen LogP contribution < -0.4 is 5.32 Å². The third kappa shape index (κ3) is 3.99. The van der Waals surface area contributed by atoms with Gasteiger partial charge in [0.2, 0.25) is 0 Å². The summed E-state index contributed by atoms with van der Waals surface area (Å²) < 4.78 is 20.9. The van der Waals surface area contributed by atoms with E-state index in [1.54, 1.807) is 24.3 Å². The fourth-order valence-electron chi connectivity index (χ4n) is 3.82. The number of hydrogen-bond acceptors (Lipinski definition) is 4. The molecule has 0 bridgehead atoms. The van der Waals surface area contributed by atoms with Crippen LogP contribution in [0.25, 0.3) is 22.7 Å². The molecule has 0 aliphatic carbocycles. The van der Waals surface area contributed by atoms with Crippen molar-refractivity contribution in [2.75, 3.05) is 5.32 Å². The van der Waals surface area contributed by atoms with Crippen molar-refractivity contribution in [3.63, 3.8) is 0 Å². The van der Waals surface area contributed by atoms with Crippen molar-refractivity contribution < 1.29 is 13.6 Å². The lowest BCUT2D eigenvalue weighted by Crippen LogP contribution is -2.10. The summed E-state index contributed by atoms with van der Waals surface area (Å²) in [4.78, 5) is 12.6. The van der Waals surface area contributed by atoms with Crippen LogP contribution in [0.4, 0.5) is 10.1 Å². The largest absolute Gasteiger partial charge is 0.451 e. The van der Waals surface area contributed by atoms with Crippen molar-refractivity contribution in [1.29, 1.82) is 0 Å². The number of carbonyl (C=O) groups excluding carboxylic acids is 1. The fourth-order valence-corrected chi connectivity index (χ4v) is 3.82. The van der Waals surface area contributed by atoms with E-state index in [9.17, 15) is 9.18 Å². The van der Waals surface area contributed by atoms with E-state index in [0.29, 0.717) is 17.0 Å². The maximum atomic E-state index is 13.1. The summed E-state index contributed by atoms with van der Waals surface area (Å²) in [6.07, 6.45) is 4.46. The zero-order valence-electron chi connectivity index (χ0n) is 16.8. The van der Waals surface area contributed by atoms with Gasteiger partial charge in [-0.05, 0) is 73.5 Å². The molecule has 0 spiro atoms. The van der Waals surface area contributed by atoms with Gasteiger partial charge in [-0.25, -0.2) is 4.39 Å². The average molecular weight is 416 g/mol. The lowest BCUT2D eigenvalue weighted by atomic mass is 10.2. The van der Waals surface area contributed by atoms with Crippen molar-refractivity contribution in [3.05, 3.63) is 78.1 Å².